The van der Waals surface area contributed by atoms with Gasteiger partial charge in [-0.1, -0.05) is 18.2 Å². The van der Waals surface area contributed by atoms with Gasteiger partial charge in [0.2, 0.25) is 5.91 Å². The normalized spacial score (nSPS) is 10.3. The van der Waals surface area contributed by atoms with Gasteiger partial charge in [-0.3, -0.25) is 4.79 Å². The number of carbonyl (C=O) groups is 1. The maximum absolute atomic E-state index is 12.1. The zero-order valence-electron chi connectivity index (χ0n) is 14.1. The highest BCUT2D eigenvalue weighted by molar-refractivity contribution is 5.93. The van der Waals surface area contributed by atoms with Crippen LogP contribution in [0.2, 0.25) is 0 Å². The topological polar surface area (TPSA) is 54.5 Å². The van der Waals surface area contributed by atoms with Crippen LogP contribution in [0.5, 0.6) is 5.75 Å². The summed E-state index contributed by atoms with van der Waals surface area (Å²) in [5.74, 6) is 1.50. The molecule has 0 fully saturated rings. The van der Waals surface area contributed by atoms with Crippen molar-refractivity contribution in [3.05, 3.63) is 47.7 Å². The molecule has 0 bridgehead atoms. The highest BCUT2D eigenvalue weighted by atomic mass is 16.5. The van der Waals surface area contributed by atoms with Crippen LogP contribution in [0.25, 0.3) is 0 Å². The number of benzene rings is 1. The molecule has 1 aromatic heterocycles. The number of pyridine rings is 1. The Hall–Kier alpha value is -2.56. The van der Waals surface area contributed by atoms with E-state index in [-0.39, 0.29) is 12.3 Å². The third-order valence-electron chi connectivity index (χ3n) is 3.47. The molecule has 23 heavy (non-hydrogen) atoms. The minimum absolute atomic E-state index is 0.0904. The van der Waals surface area contributed by atoms with E-state index in [1.165, 1.54) is 0 Å². The number of carbonyl (C=O) groups excluding carboxylic acids is 1. The lowest BCUT2D eigenvalue weighted by atomic mass is 10.1. The Labute approximate surface area is 137 Å². The Kier molecular flexibility index (Phi) is 5.57. The van der Waals surface area contributed by atoms with Crippen LogP contribution >= 0.6 is 0 Å². The van der Waals surface area contributed by atoms with E-state index >= 15 is 0 Å². The van der Waals surface area contributed by atoms with Crippen molar-refractivity contribution in [1.29, 1.82) is 0 Å². The SMILES string of the molecule is Cc1cccc(C)c1OCCC(=O)Nc1cccnc1N(C)C. The van der Waals surface area contributed by atoms with Gasteiger partial charge in [0.05, 0.1) is 18.7 Å². The van der Waals surface area contributed by atoms with Crippen LogP contribution in [0.1, 0.15) is 17.5 Å². The van der Waals surface area contributed by atoms with Crippen molar-refractivity contribution in [3.8, 4) is 5.75 Å². The maximum Gasteiger partial charge on any atom is 0.227 e. The number of aromatic nitrogens is 1. The molecule has 0 atom stereocenters. The molecular formula is C18H23N3O2. The fraction of sp³-hybridized carbons (Fsp3) is 0.333. The fourth-order valence-corrected chi connectivity index (χ4v) is 2.34. The van der Waals surface area contributed by atoms with Crippen molar-refractivity contribution >= 4 is 17.4 Å². The minimum Gasteiger partial charge on any atom is -0.493 e. The number of ether oxygens (including phenoxy) is 1. The first kappa shape index (κ1) is 16.8. The molecule has 0 unspecified atom stereocenters. The molecule has 5 nitrogen and oxygen atoms in total. The third kappa shape index (κ3) is 4.45. The number of nitrogens with zero attached hydrogens (tertiary/aromatic N) is 2. The summed E-state index contributed by atoms with van der Waals surface area (Å²) in [5, 5.41) is 2.88. The summed E-state index contributed by atoms with van der Waals surface area (Å²) < 4.78 is 5.77. The smallest absolute Gasteiger partial charge is 0.227 e. The summed E-state index contributed by atoms with van der Waals surface area (Å²) >= 11 is 0. The lowest BCUT2D eigenvalue weighted by molar-refractivity contribution is -0.116. The van der Waals surface area contributed by atoms with Crippen LogP contribution in [0.15, 0.2) is 36.5 Å². The molecule has 0 saturated heterocycles. The van der Waals surface area contributed by atoms with E-state index in [4.69, 9.17) is 4.74 Å². The van der Waals surface area contributed by atoms with Gasteiger partial charge in [0.15, 0.2) is 5.82 Å². The molecule has 1 aromatic carbocycles. The van der Waals surface area contributed by atoms with Crippen LogP contribution < -0.4 is 15.0 Å². The van der Waals surface area contributed by atoms with Crippen LogP contribution in [-0.4, -0.2) is 31.6 Å². The zero-order valence-corrected chi connectivity index (χ0v) is 14.1. The standard InChI is InChI=1S/C18H23N3O2/c1-13-7-5-8-14(2)17(13)23-12-10-16(22)20-15-9-6-11-19-18(15)21(3)4/h5-9,11H,10,12H2,1-4H3,(H,20,22). The average Bonchev–Trinajstić information content (AvgIpc) is 2.50. The number of aryl methyl sites for hydroxylation is 2. The lowest BCUT2D eigenvalue weighted by Crippen LogP contribution is -2.19. The Bertz CT molecular complexity index is 663. The van der Waals surface area contributed by atoms with Crippen LogP contribution in [0, 0.1) is 13.8 Å². The van der Waals surface area contributed by atoms with Gasteiger partial charge in [-0.15, -0.1) is 0 Å². The highest BCUT2D eigenvalue weighted by Crippen LogP contribution is 2.23. The van der Waals surface area contributed by atoms with Gasteiger partial charge in [0.25, 0.3) is 0 Å². The number of hydrogen-bond donors (Lipinski definition) is 1. The first-order chi connectivity index (χ1) is 11.0. The number of para-hydroxylation sites is 1. The zero-order chi connectivity index (χ0) is 16.8. The van der Waals surface area contributed by atoms with Crippen molar-refractivity contribution in [2.24, 2.45) is 0 Å². The van der Waals surface area contributed by atoms with Gasteiger partial charge in [-0.2, -0.15) is 0 Å². The molecule has 2 aromatic rings. The first-order valence-electron chi connectivity index (χ1n) is 7.60. The molecular weight excluding hydrogens is 290 g/mol. The number of hydrogen-bond acceptors (Lipinski definition) is 4. The molecule has 2 rings (SSSR count). The molecule has 122 valence electrons. The van der Waals surface area contributed by atoms with E-state index in [9.17, 15) is 4.79 Å². The number of amides is 1. The van der Waals surface area contributed by atoms with Crippen LogP contribution in [0.4, 0.5) is 11.5 Å². The summed E-state index contributed by atoms with van der Waals surface area (Å²) in [4.78, 5) is 18.2. The highest BCUT2D eigenvalue weighted by Gasteiger charge is 2.10. The minimum atomic E-state index is -0.0904. The van der Waals surface area contributed by atoms with Gasteiger partial charge in [-0.05, 0) is 37.1 Å². The predicted octanol–water partition coefficient (Wildman–Crippen LogP) is 3.17. The van der Waals surface area contributed by atoms with Crippen molar-refractivity contribution in [2.45, 2.75) is 20.3 Å². The molecule has 0 radical (unpaired) electrons. The summed E-state index contributed by atoms with van der Waals surface area (Å²) in [6.07, 6.45) is 1.99. The van der Waals surface area contributed by atoms with Crippen LogP contribution in [0.3, 0.4) is 0 Å². The van der Waals surface area contributed by atoms with E-state index in [1.807, 2.05) is 57.1 Å². The molecule has 1 N–H and O–H groups in total. The second kappa shape index (κ2) is 7.63. The van der Waals surface area contributed by atoms with E-state index in [1.54, 1.807) is 12.3 Å². The molecule has 1 heterocycles. The van der Waals surface area contributed by atoms with Gasteiger partial charge < -0.3 is 15.0 Å². The second-order valence-corrected chi connectivity index (χ2v) is 5.64. The fourth-order valence-electron chi connectivity index (χ4n) is 2.34. The van der Waals surface area contributed by atoms with E-state index in [0.29, 0.717) is 12.3 Å². The second-order valence-electron chi connectivity index (χ2n) is 5.64. The van der Waals surface area contributed by atoms with Crippen molar-refractivity contribution < 1.29 is 9.53 Å². The van der Waals surface area contributed by atoms with Gasteiger partial charge >= 0.3 is 0 Å². The number of nitrogens with one attached hydrogen (secondary N) is 1. The summed E-state index contributed by atoms with van der Waals surface area (Å²) in [5.41, 5.74) is 2.86. The van der Waals surface area contributed by atoms with Crippen molar-refractivity contribution in [3.63, 3.8) is 0 Å². The van der Waals surface area contributed by atoms with E-state index in [0.717, 1.165) is 22.7 Å². The Balaban J connectivity index is 1.91. The average molecular weight is 313 g/mol. The third-order valence-corrected chi connectivity index (χ3v) is 3.47. The Morgan fingerprint density at radius 2 is 1.87 bits per heavy atom. The molecule has 0 spiro atoms. The largest absolute Gasteiger partial charge is 0.493 e. The Morgan fingerprint density at radius 3 is 2.52 bits per heavy atom. The van der Waals surface area contributed by atoms with Gasteiger partial charge in [-0.25, -0.2) is 4.98 Å². The van der Waals surface area contributed by atoms with E-state index in [2.05, 4.69) is 10.3 Å². The predicted molar refractivity (Wildman–Crippen MR) is 93.2 cm³/mol. The number of rotatable bonds is 6. The lowest BCUT2D eigenvalue weighted by Gasteiger charge is -2.16. The Morgan fingerprint density at radius 1 is 1.17 bits per heavy atom. The summed E-state index contributed by atoms with van der Waals surface area (Å²) in [6, 6.07) is 9.64. The molecule has 0 aliphatic carbocycles. The summed E-state index contributed by atoms with van der Waals surface area (Å²) in [6.45, 7) is 4.35. The van der Waals surface area contributed by atoms with E-state index < -0.39 is 0 Å². The molecule has 0 saturated carbocycles. The van der Waals surface area contributed by atoms with Crippen LogP contribution in [-0.2, 0) is 4.79 Å². The number of anilines is 2. The van der Waals surface area contributed by atoms with Crippen molar-refractivity contribution in [1.82, 2.24) is 4.98 Å². The maximum atomic E-state index is 12.1. The molecule has 5 heteroatoms. The first-order valence-corrected chi connectivity index (χ1v) is 7.60. The molecule has 1 amide bonds. The van der Waals surface area contributed by atoms with Gasteiger partial charge in [0.1, 0.15) is 5.75 Å². The molecule has 0 aliphatic heterocycles. The summed E-state index contributed by atoms with van der Waals surface area (Å²) in [7, 11) is 3.78. The molecule has 0 aliphatic rings. The quantitative estimate of drug-likeness (QED) is 0.890. The van der Waals surface area contributed by atoms with Crippen molar-refractivity contribution in [2.75, 3.05) is 30.9 Å². The van der Waals surface area contributed by atoms with Gasteiger partial charge in [0, 0.05) is 20.3 Å². The monoisotopic (exact) mass is 313 g/mol.